The van der Waals surface area contributed by atoms with Gasteiger partial charge < -0.3 is 29.1 Å². The minimum absolute atomic E-state index is 0.0155. The average molecular weight is 498 g/mol. The van der Waals surface area contributed by atoms with Crippen LogP contribution in [0.3, 0.4) is 0 Å². The van der Waals surface area contributed by atoms with Gasteiger partial charge >= 0.3 is 0 Å². The molecule has 3 saturated heterocycles. The Morgan fingerprint density at radius 1 is 1.18 bits per heavy atom. The molecular weight excluding hydrogens is 462 g/mol. The monoisotopic (exact) mass is 497 g/mol. The number of hydrogen-bond donors (Lipinski definition) is 1. The third-order valence-electron chi connectivity index (χ3n) is 6.84. The number of hydrogen-bond acceptors (Lipinski definition) is 8. The first-order chi connectivity index (χ1) is 16.3. The van der Waals surface area contributed by atoms with Crippen LogP contribution in [0.4, 0.5) is 0 Å². The standard InChI is InChI=1S/C23H35N3O7S/c1-24-8-10-25(11-9-24)23(28)13-19-6-7-21-22(33-19)16-32-15-17(27)14-26(21)34(29,30)20-5-3-4-18(12-20)31-2/h3-5,12,17,19,21-22,27H,6-11,13-16H2,1-2H3/t17-,19-,21-,22+/m0/s1. The zero-order valence-corrected chi connectivity index (χ0v) is 20.7. The zero-order chi connectivity index (χ0) is 24.3. The van der Waals surface area contributed by atoms with Gasteiger partial charge in [-0.3, -0.25) is 4.79 Å². The minimum atomic E-state index is -3.92. The van der Waals surface area contributed by atoms with E-state index in [1.807, 2.05) is 11.9 Å². The van der Waals surface area contributed by atoms with Gasteiger partial charge in [-0.1, -0.05) is 6.07 Å². The first-order valence-electron chi connectivity index (χ1n) is 11.8. The molecule has 1 aromatic rings. The number of aliphatic hydroxyl groups is 1. The van der Waals surface area contributed by atoms with Gasteiger partial charge in [-0.05, 0) is 32.0 Å². The van der Waals surface area contributed by atoms with Crippen LogP contribution in [-0.4, -0.2) is 118 Å². The van der Waals surface area contributed by atoms with Crippen LogP contribution in [0, 0.1) is 0 Å². The molecule has 0 aliphatic carbocycles. The largest absolute Gasteiger partial charge is 0.497 e. The molecule has 3 aliphatic rings. The Labute approximate surface area is 201 Å². The van der Waals surface area contributed by atoms with E-state index in [1.165, 1.54) is 23.5 Å². The van der Waals surface area contributed by atoms with Crippen molar-refractivity contribution in [3.63, 3.8) is 0 Å². The summed E-state index contributed by atoms with van der Waals surface area (Å²) in [4.78, 5) is 17.0. The van der Waals surface area contributed by atoms with E-state index in [1.54, 1.807) is 12.1 Å². The Balaban J connectivity index is 1.49. The molecule has 3 heterocycles. The van der Waals surface area contributed by atoms with Crippen LogP contribution in [0.25, 0.3) is 0 Å². The van der Waals surface area contributed by atoms with Crippen LogP contribution in [0.2, 0.25) is 0 Å². The van der Waals surface area contributed by atoms with Crippen molar-refractivity contribution in [2.45, 2.75) is 48.5 Å². The number of β-amino-alcohol motifs (C(OH)–C–C–N with tert-alkyl or cyclic N) is 1. The van der Waals surface area contributed by atoms with E-state index in [-0.39, 0.29) is 43.1 Å². The summed E-state index contributed by atoms with van der Waals surface area (Å²) < 4.78 is 45.6. The van der Waals surface area contributed by atoms with Gasteiger partial charge in [-0.2, -0.15) is 4.31 Å². The Hall–Kier alpha value is -1.76. The first kappa shape index (κ1) is 25.3. The highest BCUT2D eigenvalue weighted by molar-refractivity contribution is 7.89. The molecule has 1 amide bonds. The topological polar surface area (TPSA) is 109 Å². The summed E-state index contributed by atoms with van der Waals surface area (Å²) in [5.74, 6) is 0.510. The third-order valence-corrected chi connectivity index (χ3v) is 8.73. The molecule has 3 aliphatic heterocycles. The third kappa shape index (κ3) is 5.72. The summed E-state index contributed by atoms with van der Waals surface area (Å²) in [7, 11) is -0.394. The molecule has 0 saturated carbocycles. The summed E-state index contributed by atoms with van der Waals surface area (Å²) in [6, 6.07) is 5.82. The maximum Gasteiger partial charge on any atom is 0.243 e. The number of carbonyl (C=O) groups excluding carboxylic acids is 1. The van der Waals surface area contributed by atoms with Crippen LogP contribution >= 0.6 is 0 Å². The zero-order valence-electron chi connectivity index (χ0n) is 19.8. The number of methoxy groups -OCH3 is 1. The molecule has 0 aromatic heterocycles. The fraction of sp³-hybridized carbons (Fsp3) is 0.696. The van der Waals surface area contributed by atoms with Crippen LogP contribution in [0.15, 0.2) is 29.2 Å². The van der Waals surface area contributed by atoms with Gasteiger partial charge in [0.05, 0.1) is 56.0 Å². The van der Waals surface area contributed by atoms with Gasteiger partial charge in [0, 0.05) is 38.8 Å². The van der Waals surface area contributed by atoms with Gasteiger partial charge in [0.15, 0.2) is 0 Å². The molecule has 34 heavy (non-hydrogen) atoms. The second kappa shape index (κ2) is 10.9. The number of carbonyl (C=O) groups is 1. The molecule has 0 unspecified atom stereocenters. The molecule has 190 valence electrons. The number of likely N-dealkylation sites (N-methyl/N-ethyl adjacent to an activating group) is 1. The highest BCUT2D eigenvalue weighted by Crippen LogP contribution is 2.32. The maximum absolute atomic E-state index is 13.6. The fourth-order valence-electron chi connectivity index (χ4n) is 4.85. The van der Waals surface area contributed by atoms with E-state index in [2.05, 4.69) is 4.90 Å². The van der Waals surface area contributed by atoms with Gasteiger partial charge in [-0.15, -0.1) is 0 Å². The molecule has 1 N–H and O–H groups in total. The fourth-order valence-corrected chi connectivity index (χ4v) is 6.60. The minimum Gasteiger partial charge on any atom is -0.497 e. The van der Waals surface area contributed by atoms with Crippen molar-refractivity contribution in [3.8, 4) is 5.75 Å². The Morgan fingerprint density at radius 3 is 2.68 bits per heavy atom. The lowest BCUT2D eigenvalue weighted by atomic mass is 9.96. The predicted molar refractivity (Wildman–Crippen MR) is 124 cm³/mol. The highest BCUT2D eigenvalue weighted by atomic mass is 32.2. The van der Waals surface area contributed by atoms with Crippen LogP contribution in [-0.2, 0) is 24.3 Å². The normalized spacial score (nSPS) is 29.7. The van der Waals surface area contributed by atoms with Crippen molar-refractivity contribution in [1.82, 2.24) is 14.1 Å². The lowest BCUT2D eigenvalue weighted by molar-refractivity contribution is -0.152. The summed E-state index contributed by atoms with van der Waals surface area (Å²) in [5.41, 5.74) is 0. The highest BCUT2D eigenvalue weighted by Gasteiger charge is 2.43. The van der Waals surface area contributed by atoms with E-state index in [0.29, 0.717) is 31.7 Å². The second-order valence-corrected chi connectivity index (χ2v) is 11.2. The van der Waals surface area contributed by atoms with Crippen molar-refractivity contribution < 1.29 is 32.5 Å². The van der Waals surface area contributed by atoms with Crippen LogP contribution < -0.4 is 4.74 Å². The quantitative estimate of drug-likeness (QED) is 0.613. The molecule has 0 radical (unpaired) electrons. The van der Waals surface area contributed by atoms with Gasteiger partial charge in [0.25, 0.3) is 0 Å². The van der Waals surface area contributed by atoms with Crippen LogP contribution in [0.5, 0.6) is 5.75 Å². The number of amides is 1. The van der Waals surface area contributed by atoms with E-state index in [0.717, 1.165) is 13.1 Å². The molecule has 11 heteroatoms. The first-order valence-corrected chi connectivity index (χ1v) is 13.3. The lowest BCUT2D eigenvalue weighted by Gasteiger charge is -2.44. The number of piperazine rings is 1. The van der Waals surface area contributed by atoms with E-state index >= 15 is 0 Å². The van der Waals surface area contributed by atoms with Gasteiger partial charge in [0.2, 0.25) is 15.9 Å². The SMILES string of the molecule is COc1cccc(S(=O)(=O)N2C[C@H](O)COC[C@H]3O[C@H](CC(=O)N4CCN(C)CC4)CC[C@@H]32)c1. The molecule has 4 atom stereocenters. The van der Waals surface area contributed by atoms with Gasteiger partial charge in [0.1, 0.15) is 5.75 Å². The number of ether oxygens (including phenoxy) is 3. The van der Waals surface area contributed by atoms with Gasteiger partial charge in [-0.25, -0.2) is 8.42 Å². The van der Waals surface area contributed by atoms with Crippen molar-refractivity contribution in [2.24, 2.45) is 0 Å². The Bertz CT molecular complexity index is 952. The molecule has 1 aromatic carbocycles. The Morgan fingerprint density at radius 2 is 1.94 bits per heavy atom. The Kier molecular flexibility index (Phi) is 8.11. The lowest BCUT2D eigenvalue weighted by Crippen LogP contribution is -2.57. The number of benzene rings is 1. The summed E-state index contributed by atoms with van der Waals surface area (Å²) >= 11 is 0. The van der Waals surface area contributed by atoms with Crippen molar-refractivity contribution in [1.29, 1.82) is 0 Å². The summed E-state index contributed by atoms with van der Waals surface area (Å²) in [5, 5.41) is 10.4. The number of aliphatic hydroxyl groups excluding tert-OH is 1. The van der Waals surface area contributed by atoms with Crippen LogP contribution in [0.1, 0.15) is 19.3 Å². The number of sulfonamides is 1. The van der Waals surface area contributed by atoms with Crippen molar-refractivity contribution >= 4 is 15.9 Å². The maximum atomic E-state index is 13.6. The predicted octanol–water partition coefficient (Wildman–Crippen LogP) is 0.157. The smallest absolute Gasteiger partial charge is 0.243 e. The van der Waals surface area contributed by atoms with E-state index in [9.17, 15) is 18.3 Å². The molecule has 10 nitrogen and oxygen atoms in total. The average Bonchev–Trinajstić information content (AvgIpc) is 2.82. The van der Waals surface area contributed by atoms with E-state index in [4.69, 9.17) is 14.2 Å². The number of fused-ring (bicyclic) bond motifs is 1. The molecule has 0 spiro atoms. The van der Waals surface area contributed by atoms with E-state index < -0.39 is 28.3 Å². The number of nitrogens with zero attached hydrogens (tertiary/aromatic N) is 3. The second-order valence-electron chi connectivity index (χ2n) is 9.27. The summed E-state index contributed by atoms with van der Waals surface area (Å²) in [6.07, 6.45) is -0.406. The molecular formula is C23H35N3O7S. The number of rotatable bonds is 5. The molecule has 4 rings (SSSR count). The van der Waals surface area contributed by atoms with Crippen molar-refractivity contribution in [2.75, 3.05) is 60.1 Å². The summed E-state index contributed by atoms with van der Waals surface area (Å²) in [6.45, 7) is 3.22. The molecule has 0 bridgehead atoms. The molecule has 3 fully saturated rings. The van der Waals surface area contributed by atoms with Crippen molar-refractivity contribution in [3.05, 3.63) is 24.3 Å².